The maximum Gasteiger partial charge on any atom is 0.220 e. The smallest absolute Gasteiger partial charge is 0.220 e. The van der Waals surface area contributed by atoms with Crippen LogP contribution in [-0.4, -0.2) is 24.5 Å². The molecule has 2 N–H and O–H groups in total. The third kappa shape index (κ3) is 4.67. The number of terminal acetylenes is 1. The first-order valence-electron chi connectivity index (χ1n) is 6.20. The predicted octanol–water partition coefficient (Wildman–Crippen LogP) is 1.44. The lowest BCUT2D eigenvalue weighted by Gasteiger charge is -2.30. The van der Waals surface area contributed by atoms with Gasteiger partial charge in [0.2, 0.25) is 5.91 Å². The molecule has 3 nitrogen and oxygen atoms in total. The van der Waals surface area contributed by atoms with E-state index in [-0.39, 0.29) is 5.91 Å². The second kappa shape index (κ2) is 7.29. The van der Waals surface area contributed by atoms with Crippen LogP contribution in [-0.2, 0) is 4.79 Å². The van der Waals surface area contributed by atoms with Crippen molar-refractivity contribution in [2.45, 2.75) is 57.5 Å². The fraction of sp³-hybridized carbons (Fsp3) is 0.769. The molecule has 1 fully saturated rings. The summed E-state index contributed by atoms with van der Waals surface area (Å²) in [6.45, 7) is 3.19. The summed E-state index contributed by atoms with van der Waals surface area (Å²) in [6, 6.07) is 0.692. The van der Waals surface area contributed by atoms with Gasteiger partial charge in [-0.2, -0.15) is 0 Å². The van der Waals surface area contributed by atoms with Gasteiger partial charge in [0.15, 0.2) is 0 Å². The van der Waals surface area contributed by atoms with E-state index in [1.807, 2.05) is 0 Å². The number of rotatable bonds is 5. The summed E-state index contributed by atoms with van der Waals surface area (Å²) >= 11 is 0. The van der Waals surface area contributed by atoms with Crippen molar-refractivity contribution < 1.29 is 4.79 Å². The molecule has 1 saturated heterocycles. The van der Waals surface area contributed by atoms with Gasteiger partial charge in [0.05, 0.1) is 0 Å². The van der Waals surface area contributed by atoms with E-state index in [4.69, 9.17) is 6.42 Å². The highest BCUT2D eigenvalue weighted by atomic mass is 16.1. The van der Waals surface area contributed by atoms with Gasteiger partial charge >= 0.3 is 0 Å². The van der Waals surface area contributed by atoms with Crippen molar-refractivity contribution in [2.24, 2.45) is 0 Å². The normalized spacial score (nSPS) is 24.8. The summed E-state index contributed by atoms with van der Waals surface area (Å²) in [4.78, 5) is 11.6. The molecule has 0 aliphatic carbocycles. The molecule has 2 atom stereocenters. The molecule has 0 aromatic rings. The van der Waals surface area contributed by atoms with Gasteiger partial charge in [-0.15, -0.1) is 12.3 Å². The second-order valence-corrected chi connectivity index (χ2v) is 4.47. The SMILES string of the molecule is C#CCCCCC(=O)NC1CCCNC1C. The number of piperidine rings is 1. The number of carbonyl (C=O) groups excluding carboxylic acids is 1. The molecule has 1 amide bonds. The molecule has 1 heterocycles. The minimum Gasteiger partial charge on any atom is -0.352 e. The first kappa shape index (κ1) is 13.1. The quantitative estimate of drug-likeness (QED) is 0.546. The number of nitrogens with one attached hydrogen (secondary N) is 2. The van der Waals surface area contributed by atoms with Gasteiger partial charge in [-0.05, 0) is 39.2 Å². The van der Waals surface area contributed by atoms with E-state index < -0.39 is 0 Å². The molecular formula is C13H22N2O. The average molecular weight is 222 g/mol. The zero-order chi connectivity index (χ0) is 11.8. The van der Waals surface area contributed by atoms with Crippen LogP contribution in [0.3, 0.4) is 0 Å². The highest BCUT2D eigenvalue weighted by Crippen LogP contribution is 2.09. The van der Waals surface area contributed by atoms with Gasteiger partial charge in [-0.25, -0.2) is 0 Å². The molecule has 16 heavy (non-hydrogen) atoms. The van der Waals surface area contributed by atoms with Gasteiger partial charge in [-0.1, -0.05) is 0 Å². The summed E-state index contributed by atoms with van der Waals surface area (Å²) in [5.41, 5.74) is 0. The van der Waals surface area contributed by atoms with Crippen LogP contribution in [0.5, 0.6) is 0 Å². The van der Waals surface area contributed by atoms with Gasteiger partial charge < -0.3 is 10.6 Å². The first-order valence-corrected chi connectivity index (χ1v) is 6.20. The van der Waals surface area contributed by atoms with E-state index >= 15 is 0 Å². The van der Waals surface area contributed by atoms with Crippen LogP contribution in [0.4, 0.5) is 0 Å². The molecule has 0 bridgehead atoms. The third-order valence-corrected chi connectivity index (χ3v) is 3.08. The molecule has 1 aliphatic heterocycles. The number of unbranched alkanes of at least 4 members (excludes halogenated alkanes) is 2. The number of hydrogen-bond acceptors (Lipinski definition) is 2. The molecule has 0 radical (unpaired) electrons. The molecular weight excluding hydrogens is 200 g/mol. The highest BCUT2D eigenvalue weighted by molar-refractivity contribution is 5.76. The molecule has 3 heteroatoms. The molecule has 0 spiro atoms. The van der Waals surface area contributed by atoms with E-state index in [1.54, 1.807) is 0 Å². The molecule has 1 rings (SSSR count). The van der Waals surface area contributed by atoms with Gasteiger partial charge in [0, 0.05) is 24.9 Å². The van der Waals surface area contributed by atoms with Crippen molar-refractivity contribution in [3.63, 3.8) is 0 Å². The number of amides is 1. The van der Waals surface area contributed by atoms with Crippen LogP contribution < -0.4 is 10.6 Å². The summed E-state index contributed by atoms with van der Waals surface area (Å²) in [5.74, 6) is 2.75. The van der Waals surface area contributed by atoms with Crippen LogP contribution in [0, 0.1) is 12.3 Å². The van der Waals surface area contributed by atoms with Crippen LogP contribution in [0.2, 0.25) is 0 Å². The van der Waals surface area contributed by atoms with Crippen LogP contribution in [0.15, 0.2) is 0 Å². The fourth-order valence-electron chi connectivity index (χ4n) is 2.03. The van der Waals surface area contributed by atoms with Crippen molar-refractivity contribution in [2.75, 3.05) is 6.54 Å². The standard InChI is InChI=1S/C13H22N2O/c1-3-4-5-6-9-13(16)15-12-8-7-10-14-11(12)2/h1,11-12,14H,4-10H2,2H3,(H,15,16). The Bertz CT molecular complexity index is 257. The Balaban J connectivity index is 2.15. The molecule has 90 valence electrons. The summed E-state index contributed by atoms with van der Waals surface area (Å²) in [5, 5.41) is 6.46. The highest BCUT2D eigenvalue weighted by Gasteiger charge is 2.21. The summed E-state index contributed by atoms with van der Waals surface area (Å²) < 4.78 is 0. The predicted molar refractivity (Wildman–Crippen MR) is 65.9 cm³/mol. The van der Waals surface area contributed by atoms with Crippen molar-refractivity contribution in [1.29, 1.82) is 0 Å². The van der Waals surface area contributed by atoms with E-state index in [2.05, 4.69) is 23.5 Å². The minimum absolute atomic E-state index is 0.164. The van der Waals surface area contributed by atoms with E-state index in [1.165, 1.54) is 0 Å². The van der Waals surface area contributed by atoms with Crippen LogP contribution in [0.1, 0.15) is 45.4 Å². The number of carbonyl (C=O) groups is 1. The topological polar surface area (TPSA) is 41.1 Å². The van der Waals surface area contributed by atoms with Crippen LogP contribution >= 0.6 is 0 Å². The molecule has 0 aromatic heterocycles. The lowest BCUT2D eigenvalue weighted by Crippen LogP contribution is -2.51. The van der Waals surface area contributed by atoms with E-state index in [0.29, 0.717) is 18.5 Å². The summed E-state index contributed by atoms with van der Waals surface area (Å²) in [6.07, 6.45) is 10.6. The Morgan fingerprint density at radius 3 is 3.06 bits per heavy atom. The van der Waals surface area contributed by atoms with Crippen LogP contribution in [0.25, 0.3) is 0 Å². The Morgan fingerprint density at radius 2 is 2.38 bits per heavy atom. The fourth-order valence-corrected chi connectivity index (χ4v) is 2.03. The maximum atomic E-state index is 11.6. The zero-order valence-corrected chi connectivity index (χ0v) is 10.1. The van der Waals surface area contributed by atoms with Crippen molar-refractivity contribution >= 4 is 5.91 Å². The lowest BCUT2D eigenvalue weighted by molar-refractivity contribution is -0.122. The van der Waals surface area contributed by atoms with Crippen molar-refractivity contribution in [3.8, 4) is 12.3 Å². The van der Waals surface area contributed by atoms with Crippen molar-refractivity contribution in [3.05, 3.63) is 0 Å². The average Bonchev–Trinajstić information content (AvgIpc) is 2.28. The Labute approximate surface area is 98.4 Å². The molecule has 1 aliphatic rings. The van der Waals surface area contributed by atoms with E-state index in [9.17, 15) is 4.79 Å². The lowest BCUT2D eigenvalue weighted by atomic mass is 9.99. The number of hydrogen-bond donors (Lipinski definition) is 2. The largest absolute Gasteiger partial charge is 0.352 e. The van der Waals surface area contributed by atoms with Gasteiger partial charge in [0.1, 0.15) is 0 Å². The minimum atomic E-state index is 0.164. The zero-order valence-electron chi connectivity index (χ0n) is 10.1. The Kier molecular flexibility index (Phi) is 5.95. The Morgan fingerprint density at radius 1 is 1.56 bits per heavy atom. The molecule has 0 aromatic carbocycles. The van der Waals surface area contributed by atoms with E-state index in [0.717, 1.165) is 38.6 Å². The second-order valence-electron chi connectivity index (χ2n) is 4.47. The van der Waals surface area contributed by atoms with Gasteiger partial charge in [-0.3, -0.25) is 4.79 Å². The summed E-state index contributed by atoms with van der Waals surface area (Å²) in [7, 11) is 0. The first-order chi connectivity index (χ1) is 7.74. The maximum absolute atomic E-state index is 11.6. The monoisotopic (exact) mass is 222 g/mol. The van der Waals surface area contributed by atoms with Crippen molar-refractivity contribution in [1.82, 2.24) is 10.6 Å². The molecule has 0 saturated carbocycles. The third-order valence-electron chi connectivity index (χ3n) is 3.08. The molecule has 2 unspecified atom stereocenters. The Hall–Kier alpha value is -1.01. The van der Waals surface area contributed by atoms with Gasteiger partial charge in [0.25, 0.3) is 0 Å².